The second kappa shape index (κ2) is 8.65. The first-order valence-electron chi connectivity index (χ1n) is 9.12. The molecule has 5 nitrogen and oxygen atoms in total. The quantitative estimate of drug-likeness (QED) is 0.480. The Balaban J connectivity index is 1.49. The molecule has 0 bridgehead atoms. The Hall–Kier alpha value is -2.22. The van der Waals surface area contributed by atoms with Gasteiger partial charge in [-0.15, -0.1) is 11.3 Å². The molecule has 2 aromatic carbocycles. The number of amides is 2. The van der Waals surface area contributed by atoms with Gasteiger partial charge in [0.25, 0.3) is 5.91 Å². The molecule has 1 unspecified atom stereocenters. The summed E-state index contributed by atoms with van der Waals surface area (Å²) < 4.78 is 0.955. The number of thiazole rings is 1. The van der Waals surface area contributed by atoms with Gasteiger partial charge in [-0.25, -0.2) is 4.98 Å². The number of hydrogen-bond acceptors (Lipinski definition) is 4. The molecule has 0 aliphatic heterocycles. The first-order valence-corrected chi connectivity index (χ1v) is 11.1. The standard InChI is InChI=1S/C21H17BrClN3O2S/c22-13-6-10-15(11-7-13)24-20(28)16-2-1-3-17-18(16)25-21(29-17)26-19(27)12-4-8-14(23)9-5-12/h4-11,16H,1-3H2,(H,24,28)(H,25,26,27). The highest BCUT2D eigenvalue weighted by atomic mass is 79.9. The average molecular weight is 491 g/mol. The lowest BCUT2D eigenvalue weighted by atomic mass is 9.90. The molecule has 1 atom stereocenters. The van der Waals surface area contributed by atoms with Gasteiger partial charge in [-0.05, 0) is 67.8 Å². The Morgan fingerprint density at radius 3 is 2.52 bits per heavy atom. The van der Waals surface area contributed by atoms with Crippen molar-refractivity contribution in [3.63, 3.8) is 0 Å². The SMILES string of the molecule is O=C(Nc1nc2c(s1)CCCC2C(=O)Nc1ccc(Br)cc1)c1ccc(Cl)cc1. The van der Waals surface area contributed by atoms with Crippen LogP contribution >= 0.6 is 38.9 Å². The van der Waals surface area contributed by atoms with E-state index in [4.69, 9.17) is 11.6 Å². The van der Waals surface area contributed by atoms with Crippen LogP contribution in [-0.2, 0) is 11.2 Å². The van der Waals surface area contributed by atoms with Crippen molar-refractivity contribution in [1.82, 2.24) is 4.98 Å². The van der Waals surface area contributed by atoms with Crippen LogP contribution in [0.1, 0.15) is 39.7 Å². The number of aromatic nitrogens is 1. The normalized spacial score (nSPS) is 15.4. The predicted molar refractivity (Wildman–Crippen MR) is 120 cm³/mol. The van der Waals surface area contributed by atoms with Crippen LogP contribution in [0, 0.1) is 0 Å². The molecule has 0 saturated carbocycles. The average Bonchev–Trinajstić information content (AvgIpc) is 3.12. The topological polar surface area (TPSA) is 71.1 Å². The fourth-order valence-corrected chi connectivity index (χ4v) is 4.71. The van der Waals surface area contributed by atoms with E-state index in [0.717, 1.165) is 40.0 Å². The molecule has 1 aromatic heterocycles. The van der Waals surface area contributed by atoms with Crippen LogP contribution < -0.4 is 10.6 Å². The number of rotatable bonds is 4. The number of carbonyl (C=O) groups excluding carboxylic acids is 2. The number of carbonyl (C=O) groups is 2. The summed E-state index contributed by atoms with van der Waals surface area (Å²) in [6.45, 7) is 0. The van der Waals surface area contributed by atoms with Crippen LogP contribution in [0.5, 0.6) is 0 Å². The van der Waals surface area contributed by atoms with E-state index in [1.807, 2.05) is 24.3 Å². The minimum Gasteiger partial charge on any atom is -0.326 e. The van der Waals surface area contributed by atoms with E-state index in [1.54, 1.807) is 24.3 Å². The maximum atomic E-state index is 12.8. The first kappa shape index (κ1) is 20.1. The molecule has 2 amide bonds. The summed E-state index contributed by atoms with van der Waals surface area (Å²) in [5.41, 5.74) is 2.02. The summed E-state index contributed by atoms with van der Waals surface area (Å²) in [6, 6.07) is 14.1. The number of nitrogens with zero attached hydrogens (tertiary/aromatic N) is 1. The maximum absolute atomic E-state index is 12.8. The summed E-state index contributed by atoms with van der Waals surface area (Å²) in [7, 11) is 0. The first-order chi connectivity index (χ1) is 14.0. The van der Waals surface area contributed by atoms with Gasteiger partial charge in [0, 0.05) is 25.6 Å². The van der Waals surface area contributed by atoms with Gasteiger partial charge in [0.2, 0.25) is 5.91 Å². The monoisotopic (exact) mass is 489 g/mol. The number of halogens is 2. The lowest BCUT2D eigenvalue weighted by Gasteiger charge is -2.20. The summed E-state index contributed by atoms with van der Waals surface area (Å²) in [5, 5.41) is 6.89. The third-order valence-corrected chi connectivity index (χ3v) is 6.54. The summed E-state index contributed by atoms with van der Waals surface area (Å²) >= 11 is 10.7. The van der Waals surface area contributed by atoms with Gasteiger partial charge in [0.05, 0.1) is 11.6 Å². The molecule has 4 rings (SSSR count). The molecule has 0 spiro atoms. The molecular weight excluding hydrogens is 474 g/mol. The highest BCUT2D eigenvalue weighted by Crippen LogP contribution is 2.37. The molecule has 8 heteroatoms. The summed E-state index contributed by atoms with van der Waals surface area (Å²) in [6.07, 6.45) is 2.52. The van der Waals surface area contributed by atoms with E-state index in [-0.39, 0.29) is 17.7 Å². The molecule has 2 N–H and O–H groups in total. The Morgan fingerprint density at radius 1 is 1.07 bits per heavy atom. The van der Waals surface area contributed by atoms with Gasteiger partial charge in [-0.3, -0.25) is 14.9 Å². The number of fused-ring (bicyclic) bond motifs is 1. The largest absolute Gasteiger partial charge is 0.326 e. The van der Waals surface area contributed by atoms with Crippen molar-refractivity contribution >= 4 is 61.5 Å². The van der Waals surface area contributed by atoms with Crippen LogP contribution in [0.15, 0.2) is 53.0 Å². The van der Waals surface area contributed by atoms with E-state index in [1.165, 1.54) is 11.3 Å². The van der Waals surface area contributed by atoms with Crippen molar-refractivity contribution in [1.29, 1.82) is 0 Å². The zero-order chi connectivity index (χ0) is 20.4. The lowest BCUT2D eigenvalue weighted by Crippen LogP contribution is -2.24. The minimum atomic E-state index is -0.320. The second-order valence-electron chi connectivity index (χ2n) is 6.73. The molecular formula is C21H17BrClN3O2S. The number of nitrogens with one attached hydrogen (secondary N) is 2. The molecule has 3 aromatic rings. The van der Waals surface area contributed by atoms with Crippen molar-refractivity contribution in [2.45, 2.75) is 25.2 Å². The van der Waals surface area contributed by atoms with Gasteiger partial charge >= 0.3 is 0 Å². The Bertz CT molecular complexity index is 1050. The summed E-state index contributed by atoms with van der Waals surface area (Å²) in [5.74, 6) is -0.641. The van der Waals surface area contributed by atoms with Crippen LogP contribution in [-0.4, -0.2) is 16.8 Å². The van der Waals surface area contributed by atoms with Crippen LogP contribution in [0.4, 0.5) is 10.8 Å². The van der Waals surface area contributed by atoms with Gasteiger partial charge in [0.1, 0.15) is 0 Å². The maximum Gasteiger partial charge on any atom is 0.257 e. The second-order valence-corrected chi connectivity index (χ2v) is 9.17. The van der Waals surface area contributed by atoms with Gasteiger partial charge in [0.15, 0.2) is 5.13 Å². The van der Waals surface area contributed by atoms with Gasteiger partial charge < -0.3 is 5.32 Å². The molecule has 0 radical (unpaired) electrons. The fraction of sp³-hybridized carbons (Fsp3) is 0.190. The summed E-state index contributed by atoms with van der Waals surface area (Å²) in [4.78, 5) is 30.9. The van der Waals surface area contributed by atoms with Crippen molar-refractivity contribution in [3.05, 3.63) is 74.2 Å². The van der Waals surface area contributed by atoms with Crippen molar-refractivity contribution in [3.8, 4) is 0 Å². The molecule has 1 aliphatic rings. The zero-order valence-corrected chi connectivity index (χ0v) is 18.4. The Kier molecular flexibility index (Phi) is 5.99. The third-order valence-electron chi connectivity index (χ3n) is 4.71. The van der Waals surface area contributed by atoms with Crippen LogP contribution in [0.25, 0.3) is 0 Å². The number of benzene rings is 2. The molecule has 1 heterocycles. The van der Waals surface area contributed by atoms with E-state index in [0.29, 0.717) is 15.7 Å². The van der Waals surface area contributed by atoms with E-state index in [9.17, 15) is 9.59 Å². The van der Waals surface area contributed by atoms with Crippen LogP contribution in [0.3, 0.4) is 0 Å². The van der Waals surface area contributed by atoms with Crippen molar-refractivity contribution in [2.75, 3.05) is 10.6 Å². The smallest absolute Gasteiger partial charge is 0.257 e. The highest BCUT2D eigenvalue weighted by Gasteiger charge is 2.30. The minimum absolute atomic E-state index is 0.0749. The highest BCUT2D eigenvalue weighted by molar-refractivity contribution is 9.10. The fourth-order valence-electron chi connectivity index (χ4n) is 3.26. The number of hydrogen-bond donors (Lipinski definition) is 2. The van der Waals surface area contributed by atoms with Crippen molar-refractivity contribution < 1.29 is 9.59 Å². The lowest BCUT2D eigenvalue weighted by molar-refractivity contribution is -0.117. The van der Waals surface area contributed by atoms with Gasteiger partial charge in [-0.1, -0.05) is 27.5 Å². The molecule has 1 aliphatic carbocycles. The predicted octanol–water partition coefficient (Wildman–Crippen LogP) is 5.87. The third kappa shape index (κ3) is 4.69. The number of anilines is 2. The zero-order valence-electron chi connectivity index (χ0n) is 15.2. The molecule has 29 heavy (non-hydrogen) atoms. The van der Waals surface area contributed by atoms with E-state index < -0.39 is 0 Å². The Labute approximate surface area is 185 Å². The molecule has 148 valence electrons. The number of aryl methyl sites for hydroxylation is 1. The Morgan fingerprint density at radius 2 is 1.79 bits per heavy atom. The van der Waals surface area contributed by atoms with E-state index in [2.05, 4.69) is 31.5 Å². The van der Waals surface area contributed by atoms with Gasteiger partial charge in [-0.2, -0.15) is 0 Å². The van der Waals surface area contributed by atoms with Crippen LogP contribution in [0.2, 0.25) is 5.02 Å². The molecule has 0 saturated heterocycles. The van der Waals surface area contributed by atoms with E-state index >= 15 is 0 Å². The molecule has 0 fully saturated rings. The van der Waals surface area contributed by atoms with Crippen molar-refractivity contribution in [2.24, 2.45) is 0 Å².